The third-order valence-electron chi connectivity index (χ3n) is 2.51. The molecule has 0 bridgehead atoms. The van der Waals surface area contributed by atoms with Crippen molar-refractivity contribution in [3.63, 3.8) is 0 Å². The molecular weight excluding hydrogens is 220 g/mol. The number of hydrogen-bond donors (Lipinski definition) is 1. The summed E-state index contributed by atoms with van der Waals surface area (Å²) in [6.07, 6.45) is 0.553. The summed E-state index contributed by atoms with van der Waals surface area (Å²) in [6, 6.07) is 13.3. The van der Waals surface area contributed by atoms with E-state index in [4.69, 9.17) is 22.6 Å². The number of fused-ring (bicyclic) bond motifs is 1. The van der Waals surface area contributed by atoms with E-state index in [-0.39, 0.29) is 0 Å². The molecule has 0 fully saturated rings. The number of halogens is 1. The fourth-order valence-corrected chi connectivity index (χ4v) is 1.94. The van der Waals surface area contributed by atoms with Crippen LogP contribution in [0, 0.1) is 11.3 Å². The third kappa shape index (κ3) is 2.16. The Hall–Kier alpha value is -1.56. The molecule has 2 nitrogen and oxygen atoms in total. The maximum Gasteiger partial charge on any atom is 0.0968 e. The zero-order chi connectivity index (χ0) is 11.5. The third-order valence-corrected chi connectivity index (χ3v) is 2.84. The van der Waals surface area contributed by atoms with Crippen LogP contribution in [0.3, 0.4) is 0 Å². The number of nitriles is 1. The molecule has 2 aromatic rings. The van der Waals surface area contributed by atoms with Crippen molar-refractivity contribution in [2.45, 2.75) is 12.5 Å². The number of benzene rings is 2. The lowest BCUT2D eigenvalue weighted by Crippen LogP contribution is -2.19. The normalized spacial score (nSPS) is 12.3. The highest BCUT2D eigenvalue weighted by Crippen LogP contribution is 2.24. The molecule has 0 saturated carbocycles. The minimum absolute atomic E-state index is 0.458. The first-order valence-electron chi connectivity index (χ1n) is 5.03. The van der Waals surface area contributed by atoms with E-state index in [1.807, 2.05) is 42.5 Å². The molecule has 2 aromatic carbocycles. The Balaban J connectivity index is 2.44. The van der Waals surface area contributed by atoms with Gasteiger partial charge < -0.3 is 5.73 Å². The van der Waals surface area contributed by atoms with Gasteiger partial charge in [-0.3, -0.25) is 0 Å². The van der Waals surface area contributed by atoms with Crippen LogP contribution >= 0.6 is 11.6 Å². The monoisotopic (exact) mass is 230 g/mol. The maximum atomic E-state index is 8.66. The summed E-state index contributed by atoms with van der Waals surface area (Å²) in [5.41, 5.74) is 6.63. The van der Waals surface area contributed by atoms with Gasteiger partial charge in [-0.1, -0.05) is 35.9 Å². The van der Waals surface area contributed by atoms with Crippen molar-refractivity contribution in [2.24, 2.45) is 5.73 Å². The fraction of sp³-hybridized carbons (Fsp3) is 0.154. The predicted octanol–water partition coefficient (Wildman–Crippen LogP) is 2.89. The Labute approximate surface area is 99.2 Å². The minimum Gasteiger partial charge on any atom is -0.316 e. The quantitative estimate of drug-likeness (QED) is 0.863. The highest BCUT2D eigenvalue weighted by Gasteiger charge is 2.04. The summed E-state index contributed by atoms with van der Waals surface area (Å²) in [4.78, 5) is 0. The lowest BCUT2D eigenvalue weighted by Gasteiger charge is -2.06. The molecule has 0 heterocycles. The Morgan fingerprint density at radius 3 is 2.88 bits per heavy atom. The summed E-state index contributed by atoms with van der Waals surface area (Å²) in [5.74, 6) is 0. The lowest BCUT2D eigenvalue weighted by atomic mass is 10.0. The fourth-order valence-electron chi connectivity index (χ4n) is 1.71. The van der Waals surface area contributed by atoms with Crippen molar-refractivity contribution >= 4 is 22.4 Å². The Kier molecular flexibility index (Phi) is 3.09. The zero-order valence-corrected chi connectivity index (χ0v) is 9.41. The van der Waals surface area contributed by atoms with Crippen LogP contribution in [0.15, 0.2) is 36.4 Å². The predicted molar refractivity (Wildman–Crippen MR) is 66.3 cm³/mol. The topological polar surface area (TPSA) is 49.8 Å². The van der Waals surface area contributed by atoms with Crippen molar-refractivity contribution in [2.75, 3.05) is 0 Å². The smallest absolute Gasteiger partial charge is 0.0968 e. The van der Waals surface area contributed by atoms with Gasteiger partial charge in [-0.25, -0.2) is 0 Å². The second-order valence-corrected chi connectivity index (χ2v) is 4.14. The van der Waals surface area contributed by atoms with E-state index in [0.717, 1.165) is 21.4 Å². The number of hydrogen-bond acceptors (Lipinski definition) is 2. The molecule has 0 aromatic heterocycles. The van der Waals surface area contributed by atoms with Crippen LogP contribution in [0.25, 0.3) is 10.8 Å². The Morgan fingerprint density at radius 1 is 1.31 bits per heavy atom. The molecule has 1 atom stereocenters. The zero-order valence-electron chi connectivity index (χ0n) is 8.65. The molecule has 0 aliphatic heterocycles. The lowest BCUT2D eigenvalue weighted by molar-refractivity contribution is 0.824. The first-order chi connectivity index (χ1) is 7.70. The second kappa shape index (κ2) is 4.52. The summed E-state index contributed by atoms with van der Waals surface area (Å²) < 4.78 is 0. The Bertz CT molecular complexity index is 557. The molecule has 0 spiro atoms. The molecule has 3 heteroatoms. The van der Waals surface area contributed by atoms with E-state index >= 15 is 0 Å². The van der Waals surface area contributed by atoms with Crippen molar-refractivity contribution < 1.29 is 0 Å². The molecule has 80 valence electrons. The molecule has 0 aliphatic carbocycles. The molecule has 0 aliphatic rings. The largest absolute Gasteiger partial charge is 0.316 e. The number of nitrogens with two attached hydrogens (primary N) is 1. The molecule has 2 rings (SSSR count). The van der Waals surface area contributed by atoms with E-state index in [1.54, 1.807) is 0 Å². The van der Waals surface area contributed by atoms with Crippen LogP contribution in [-0.2, 0) is 6.42 Å². The van der Waals surface area contributed by atoms with Gasteiger partial charge in [0.1, 0.15) is 0 Å². The van der Waals surface area contributed by atoms with Crippen molar-refractivity contribution in [1.82, 2.24) is 0 Å². The van der Waals surface area contributed by atoms with Crippen LogP contribution in [-0.4, -0.2) is 6.04 Å². The minimum atomic E-state index is -0.458. The van der Waals surface area contributed by atoms with Crippen molar-refractivity contribution in [3.05, 3.63) is 47.0 Å². The SMILES string of the molecule is N#C[C@H](N)Cc1ccc2cccc(Cl)c2c1. The van der Waals surface area contributed by atoms with E-state index in [9.17, 15) is 0 Å². The maximum absolute atomic E-state index is 8.66. The van der Waals surface area contributed by atoms with Crippen LogP contribution < -0.4 is 5.73 Å². The van der Waals surface area contributed by atoms with Crippen LogP contribution in [0.4, 0.5) is 0 Å². The van der Waals surface area contributed by atoms with Crippen LogP contribution in [0.1, 0.15) is 5.56 Å². The number of nitrogens with zero attached hydrogens (tertiary/aromatic N) is 1. The van der Waals surface area contributed by atoms with Crippen molar-refractivity contribution in [1.29, 1.82) is 5.26 Å². The van der Waals surface area contributed by atoms with Gasteiger partial charge in [0.05, 0.1) is 12.1 Å². The first-order valence-corrected chi connectivity index (χ1v) is 5.41. The van der Waals surface area contributed by atoms with E-state index < -0.39 is 6.04 Å². The van der Waals surface area contributed by atoms with Gasteiger partial charge in [0.25, 0.3) is 0 Å². The highest BCUT2D eigenvalue weighted by atomic mass is 35.5. The van der Waals surface area contributed by atoms with Gasteiger partial charge in [-0.15, -0.1) is 0 Å². The van der Waals surface area contributed by atoms with E-state index in [1.165, 1.54) is 0 Å². The number of rotatable bonds is 2. The summed E-state index contributed by atoms with van der Waals surface area (Å²) in [6.45, 7) is 0. The molecule has 0 saturated heterocycles. The van der Waals surface area contributed by atoms with Gasteiger partial charge in [-0.05, 0) is 23.1 Å². The van der Waals surface area contributed by atoms with Gasteiger partial charge in [0.2, 0.25) is 0 Å². The average Bonchev–Trinajstić information content (AvgIpc) is 2.30. The van der Waals surface area contributed by atoms with E-state index in [0.29, 0.717) is 6.42 Å². The Morgan fingerprint density at radius 2 is 2.12 bits per heavy atom. The molecule has 16 heavy (non-hydrogen) atoms. The van der Waals surface area contributed by atoms with Crippen LogP contribution in [0.5, 0.6) is 0 Å². The molecule has 0 unspecified atom stereocenters. The molecule has 2 N–H and O–H groups in total. The molecule has 0 amide bonds. The first kappa shape index (κ1) is 10.9. The highest BCUT2D eigenvalue weighted by molar-refractivity contribution is 6.35. The van der Waals surface area contributed by atoms with Gasteiger partial charge in [0, 0.05) is 16.8 Å². The van der Waals surface area contributed by atoms with E-state index in [2.05, 4.69) is 0 Å². The standard InChI is InChI=1S/C13H11ClN2/c14-13-3-1-2-10-5-4-9(7-12(10)13)6-11(16)8-15/h1-5,7,11H,6,16H2/t11-/m1/s1. The van der Waals surface area contributed by atoms with Crippen molar-refractivity contribution in [3.8, 4) is 6.07 Å². The molecular formula is C13H11ClN2. The second-order valence-electron chi connectivity index (χ2n) is 3.74. The summed E-state index contributed by atoms with van der Waals surface area (Å²) in [5, 5.41) is 11.5. The average molecular weight is 231 g/mol. The van der Waals surface area contributed by atoms with Gasteiger partial charge in [0.15, 0.2) is 0 Å². The summed E-state index contributed by atoms with van der Waals surface area (Å²) >= 11 is 6.10. The van der Waals surface area contributed by atoms with Gasteiger partial charge in [-0.2, -0.15) is 5.26 Å². The van der Waals surface area contributed by atoms with Crippen LogP contribution in [0.2, 0.25) is 5.02 Å². The van der Waals surface area contributed by atoms with Gasteiger partial charge >= 0.3 is 0 Å². The summed E-state index contributed by atoms with van der Waals surface area (Å²) in [7, 11) is 0. The molecule has 0 radical (unpaired) electrons.